The Bertz CT molecular complexity index is 706. The van der Waals surface area contributed by atoms with Crippen molar-refractivity contribution in [3.05, 3.63) is 34.8 Å². The molecule has 1 aliphatic rings. The van der Waals surface area contributed by atoms with Gasteiger partial charge in [-0.15, -0.1) is 11.3 Å². The second-order valence-electron chi connectivity index (χ2n) is 6.29. The molecule has 1 atom stereocenters. The molecule has 1 amide bonds. The smallest absolute Gasteiger partial charge is 0.263 e. The highest BCUT2D eigenvalue weighted by atomic mass is 32.1. The van der Waals surface area contributed by atoms with Crippen LogP contribution < -0.4 is 15.4 Å². The molecule has 2 aromatic rings. The number of aromatic nitrogens is 1. The molecule has 1 aromatic heterocycles. The van der Waals surface area contributed by atoms with Crippen LogP contribution in [0.1, 0.15) is 35.1 Å². The molecule has 6 heteroatoms. The van der Waals surface area contributed by atoms with Crippen molar-refractivity contribution in [2.24, 2.45) is 5.92 Å². The van der Waals surface area contributed by atoms with E-state index in [4.69, 9.17) is 4.74 Å². The monoisotopic (exact) mass is 359 g/mol. The summed E-state index contributed by atoms with van der Waals surface area (Å²) in [5, 5.41) is 7.26. The van der Waals surface area contributed by atoms with Gasteiger partial charge in [-0.2, -0.15) is 0 Å². The third-order valence-corrected chi connectivity index (χ3v) is 5.62. The average molecular weight is 359 g/mol. The maximum absolute atomic E-state index is 12.4. The van der Waals surface area contributed by atoms with Gasteiger partial charge in [0.2, 0.25) is 0 Å². The summed E-state index contributed by atoms with van der Waals surface area (Å²) >= 11 is 1.45. The predicted molar refractivity (Wildman–Crippen MR) is 101 cm³/mol. The van der Waals surface area contributed by atoms with Crippen LogP contribution in [0, 0.1) is 12.8 Å². The second kappa shape index (κ2) is 8.45. The van der Waals surface area contributed by atoms with Crippen LogP contribution in [0.4, 0.5) is 0 Å². The number of ether oxygens (including phenoxy) is 1. The van der Waals surface area contributed by atoms with Gasteiger partial charge < -0.3 is 15.4 Å². The van der Waals surface area contributed by atoms with Crippen molar-refractivity contribution in [3.8, 4) is 16.3 Å². The van der Waals surface area contributed by atoms with Gasteiger partial charge in [-0.05, 0) is 70.0 Å². The zero-order valence-electron chi connectivity index (χ0n) is 14.8. The third kappa shape index (κ3) is 4.58. The Balaban J connectivity index is 1.61. The van der Waals surface area contributed by atoms with E-state index >= 15 is 0 Å². The van der Waals surface area contributed by atoms with Crippen LogP contribution >= 0.6 is 11.3 Å². The van der Waals surface area contributed by atoms with Gasteiger partial charge in [-0.1, -0.05) is 0 Å². The standard InChI is InChI=1S/C19H25N3O2S/c1-3-24-16-6-4-15(5-7-16)19-22-13(2)17(25-19)18(23)21-11-9-14-8-10-20-12-14/h4-7,14,20H,3,8-12H2,1-2H3,(H,21,23). The Morgan fingerprint density at radius 2 is 2.20 bits per heavy atom. The van der Waals surface area contributed by atoms with E-state index in [1.807, 2.05) is 38.1 Å². The van der Waals surface area contributed by atoms with Crippen molar-refractivity contribution in [1.82, 2.24) is 15.6 Å². The van der Waals surface area contributed by atoms with E-state index in [0.717, 1.165) is 48.1 Å². The fraction of sp³-hybridized carbons (Fsp3) is 0.474. The molecule has 2 N–H and O–H groups in total. The van der Waals surface area contributed by atoms with Gasteiger partial charge in [0.1, 0.15) is 15.6 Å². The van der Waals surface area contributed by atoms with Crippen molar-refractivity contribution in [2.75, 3.05) is 26.2 Å². The molecule has 134 valence electrons. The van der Waals surface area contributed by atoms with Crippen LogP contribution in [0.3, 0.4) is 0 Å². The van der Waals surface area contributed by atoms with Gasteiger partial charge >= 0.3 is 0 Å². The van der Waals surface area contributed by atoms with E-state index < -0.39 is 0 Å². The molecule has 0 radical (unpaired) electrons. The first-order chi connectivity index (χ1) is 12.2. The van der Waals surface area contributed by atoms with Crippen molar-refractivity contribution < 1.29 is 9.53 Å². The first-order valence-corrected chi connectivity index (χ1v) is 9.68. The van der Waals surface area contributed by atoms with Crippen LogP contribution in [-0.4, -0.2) is 37.1 Å². The Kier molecular flexibility index (Phi) is 6.04. The van der Waals surface area contributed by atoms with E-state index in [1.165, 1.54) is 17.8 Å². The minimum atomic E-state index is -0.0156. The quantitative estimate of drug-likeness (QED) is 0.797. The Hall–Kier alpha value is -1.92. The van der Waals surface area contributed by atoms with Gasteiger partial charge in [0.05, 0.1) is 12.3 Å². The summed E-state index contributed by atoms with van der Waals surface area (Å²) in [4.78, 5) is 17.7. The Morgan fingerprint density at radius 3 is 2.88 bits per heavy atom. The lowest BCUT2D eigenvalue weighted by molar-refractivity contribution is 0.0955. The predicted octanol–water partition coefficient (Wildman–Crippen LogP) is 3.25. The average Bonchev–Trinajstić information content (AvgIpc) is 3.25. The van der Waals surface area contributed by atoms with E-state index in [0.29, 0.717) is 17.4 Å². The highest BCUT2D eigenvalue weighted by Gasteiger charge is 2.18. The summed E-state index contributed by atoms with van der Waals surface area (Å²) in [6.45, 7) is 7.39. The lowest BCUT2D eigenvalue weighted by Crippen LogP contribution is -2.26. The number of carbonyl (C=O) groups excluding carboxylic acids is 1. The number of benzene rings is 1. The molecule has 0 aliphatic carbocycles. The highest BCUT2D eigenvalue weighted by molar-refractivity contribution is 7.17. The van der Waals surface area contributed by atoms with E-state index in [-0.39, 0.29) is 5.91 Å². The first kappa shape index (κ1) is 17.9. The van der Waals surface area contributed by atoms with Crippen molar-refractivity contribution in [2.45, 2.75) is 26.7 Å². The molecule has 1 aromatic carbocycles. The molecule has 0 bridgehead atoms. The molecule has 0 spiro atoms. The number of amides is 1. The number of carbonyl (C=O) groups is 1. The second-order valence-corrected chi connectivity index (χ2v) is 7.29. The van der Waals surface area contributed by atoms with E-state index in [9.17, 15) is 4.79 Å². The molecule has 2 heterocycles. The maximum atomic E-state index is 12.4. The van der Waals surface area contributed by atoms with E-state index in [1.54, 1.807) is 0 Å². The number of thiazole rings is 1. The maximum Gasteiger partial charge on any atom is 0.263 e. The van der Waals surface area contributed by atoms with Gasteiger partial charge in [0.15, 0.2) is 0 Å². The van der Waals surface area contributed by atoms with Crippen LogP contribution in [0.2, 0.25) is 0 Å². The Morgan fingerprint density at radius 1 is 1.40 bits per heavy atom. The molecule has 1 aliphatic heterocycles. The third-order valence-electron chi connectivity index (χ3n) is 4.42. The minimum Gasteiger partial charge on any atom is -0.494 e. The summed E-state index contributed by atoms with van der Waals surface area (Å²) in [5.74, 6) is 1.51. The first-order valence-electron chi connectivity index (χ1n) is 8.87. The van der Waals surface area contributed by atoms with E-state index in [2.05, 4.69) is 15.6 Å². The van der Waals surface area contributed by atoms with Crippen molar-refractivity contribution in [1.29, 1.82) is 0 Å². The number of rotatable bonds is 7. The minimum absolute atomic E-state index is 0.0156. The molecule has 1 saturated heterocycles. The largest absolute Gasteiger partial charge is 0.494 e. The van der Waals surface area contributed by atoms with Crippen LogP contribution in [0.25, 0.3) is 10.6 Å². The molecular formula is C19H25N3O2S. The number of hydrogen-bond donors (Lipinski definition) is 2. The summed E-state index contributed by atoms with van der Waals surface area (Å²) in [7, 11) is 0. The summed E-state index contributed by atoms with van der Waals surface area (Å²) in [6, 6.07) is 7.84. The Labute approximate surface area is 152 Å². The van der Waals surface area contributed by atoms with Crippen LogP contribution in [-0.2, 0) is 0 Å². The number of aryl methyl sites for hydroxylation is 1. The highest BCUT2D eigenvalue weighted by Crippen LogP contribution is 2.29. The fourth-order valence-electron chi connectivity index (χ4n) is 3.02. The molecule has 25 heavy (non-hydrogen) atoms. The van der Waals surface area contributed by atoms with Crippen LogP contribution in [0.15, 0.2) is 24.3 Å². The zero-order chi connectivity index (χ0) is 17.6. The molecule has 5 nitrogen and oxygen atoms in total. The number of nitrogens with one attached hydrogen (secondary N) is 2. The summed E-state index contributed by atoms with van der Waals surface area (Å²) < 4.78 is 5.46. The topological polar surface area (TPSA) is 63.2 Å². The van der Waals surface area contributed by atoms with Crippen LogP contribution in [0.5, 0.6) is 5.75 Å². The number of nitrogens with zero attached hydrogens (tertiary/aromatic N) is 1. The van der Waals surface area contributed by atoms with Crippen molar-refractivity contribution >= 4 is 17.2 Å². The molecule has 1 fully saturated rings. The zero-order valence-corrected chi connectivity index (χ0v) is 15.6. The van der Waals surface area contributed by atoms with Crippen molar-refractivity contribution in [3.63, 3.8) is 0 Å². The normalized spacial score (nSPS) is 16.8. The van der Waals surface area contributed by atoms with Gasteiger partial charge in [0.25, 0.3) is 5.91 Å². The molecular weight excluding hydrogens is 334 g/mol. The number of hydrogen-bond acceptors (Lipinski definition) is 5. The fourth-order valence-corrected chi connectivity index (χ4v) is 4.01. The molecule has 3 rings (SSSR count). The lowest BCUT2D eigenvalue weighted by atomic mass is 10.1. The summed E-state index contributed by atoms with van der Waals surface area (Å²) in [6.07, 6.45) is 2.24. The van der Waals surface area contributed by atoms with Gasteiger partial charge in [-0.25, -0.2) is 4.98 Å². The SMILES string of the molecule is CCOc1ccc(-c2nc(C)c(C(=O)NCCC3CCNC3)s2)cc1. The molecule has 1 unspecified atom stereocenters. The summed E-state index contributed by atoms with van der Waals surface area (Å²) in [5.41, 5.74) is 1.79. The van der Waals surface area contributed by atoms with Gasteiger partial charge in [0, 0.05) is 12.1 Å². The molecule has 0 saturated carbocycles. The van der Waals surface area contributed by atoms with Gasteiger partial charge in [-0.3, -0.25) is 4.79 Å². The lowest BCUT2D eigenvalue weighted by Gasteiger charge is -2.08.